The number of anilines is 1. The summed E-state index contributed by atoms with van der Waals surface area (Å²) in [6.07, 6.45) is -0.662. The predicted octanol–water partition coefficient (Wildman–Crippen LogP) is 3.36. The summed E-state index contributed by atoms with van der Waals surface area (Å²) in [4.78, 5) is 11.9. The Morgan fingerprint density at radius 3 is 2.87 bits per heavy atom. The quantitative estimate of drug-likeness (QED) is 0.847. The number of nitrogens with zero attached hydrogens (tertiary/aromatic N) is 3. The van der Waals surface area contributed by atoms with Gasteiger partial charge in [0.2, 0.25) is 5.91 Å². The molecule has 0 atom stereocenters. The number of alkyl halides is 3. The fraction of sp³-hybridized carbons (Fsp3) is 0.357. The molecule has 3 rings (SSSR count). The van der Waals surface area contributed by atoms with Crippen LogP contribution in [0.15, 0.2) is 35.7 Å². The second-order valence-electron chi connectivity index (χ2n) is 5.17. The highest BCUT2D eigenvalue weighted by atomic mass is 32.2. The Kier molecular flexibility index (Phi) is 4.29. The largest absolute Gasteiger partial charge is 0.416 e. The predicted molar refractivity (Wildman–Crippen MR) is 79.1 cm³/mol. The van der Waals surface area contributed by atoms with Crippen LogP contribution in [0.25, 0.3) is 0 Å². The molecule has 1 aliphatic carbocycles. The number of hydrogen-bond acceptors (Lipinski definition) is 4. The number of carbonyl (C=O) groups is 1. The van der Waals surface area contributed by atoms with Crippen LogP contribution < -0.4 is 5.32 Å². The molecule has 5 nitrogen and oxygen atoms in total. The maximum atomic E-state index is 12.6. The average Bonchev–Trinajstić information content (AvgIpc) is 3.23. The minimum atomic E-state index is -4.43. The van der Waals surface area contributed by atoms with E-state index in [1.165, 1.54) is 23.9 Å². The highest BCUT2D eigenvalue weighted by Gasteiger charge is 2.30. The third-order valence-electron chi connectivity index (χ3n) is 3.29. The summed E-state index contributed by atoms with van der Waals surface area (Å²) in [5.74, 6) is -0.332. The summed E-state index contributed by atoms with van der Waals surface area (Å²) in [7, 11) is 0. The van der Waals surface area contributed by atoms with Crippen molar-refractivity contribution in [2.24, 2.45) is 0 Å². The second-order valence-corrected chi connectivity index (χ2v) is 6.11. The summed E-state index contributed by atoms with van der Waals surface area (Å²) in [6.45, 7) is 0. The number of carbonyl (C=O) groups excluding carboxylic acids is 1. The van der Waals surface area contributed by atoms with E-state index in [1.807, 2.05) is 4.57 Å². The van der Waals surface area contributed by atoms with Gasteiger partial charge >= 0.3 is 6.18 Å². The van der Waals surface area contributed by atoms with Crippen molar-refractivity contribution in [1.29, 1.82) is 0 Å². The standard InChI is InChI=1S/C14H13F3N4OS/c15-14(16,17)9-2-1-3-10(6-9)19-12(22)7-23-13-20-18-8-21(13)11-4-5-11/h1-3,6,8,11H,4-5,7H2,(H,19,22). The van der Waals surface area contributed by atoms with Crippen LogP contribution in [0.2, 0.25) is 0 Å². The molecule has 1 N–H and O–H groups in total. The maximum absolute atomic E-state index is 12.6. The fourth-order valence-electron chi connectivity index (χ4n) is 2.04. The second kappa shape index (κ2) is 6.23. The molecule has 0 bridgehead atoms. The van der Waals surface area contributed by atoms with Crippen molar-refractivity contribution >= 4 is 23.4 Å². The van der Waals surface area contributed by atoms with E-state index in [4.69, 9.17) is 0 Å². The lowest BCUT2D eigenvalue weighted by molar-refractivity contribution is -0.137. The van der Waals surface area contributed by atoms with Gasteiger partial charge in [0.15, 0.2) is 5.16 Å². The van der Waals surface area contributed by atoms with Gasteiger partial charge in [-0.15, -0.1) is 10.2 Å². The van der Waals surface area contributed by atoms with Crippen molar-refractivity contribution < 1.29 is 18.0 Å². The van der Waals surface area contributed by atoms with Gasteiger partial charge in [-0.25, -0.2) is 0 Å². The number of nitrogens with one attached hydrogen (secondary N) is 1. The molecule has 1 aromatic carbocycles. The number of amides is 1. The first kappa shape index (κ1) is 15.9. The molecular formula is C14H13F3N4OS. The van der Waals surface area contributed by atoms with Crippen molar-refractivity contribution in [2.45, 2.75) is 30.2 Å². The van der Waals surface area contributed by atoms with Gasteiger partial charge in [-0.05, 0) is 31.0 Å². The lowest BCUT2D eigenvalue weighted by Crippen LogP contribution is -2.15. The van der Waals surface area contributed by atoms with Crippen molar-refractivity contribution in [2.75, 3.05) is 11.1 Å². The Bertz CT molecular complexity index is 712. The fourth-order valence-corrected chi connectivity index (χ4v) is 2.82. The van der Waals surface area contributed by atoms with Crippen LogP contribution in [-0.2, 0) is 11.0 Å². The topological polar surface area (TPSA) is 59.8 Å². The Labute approximate surface area is 134 Å². The number of benzene rings is 1. The van der Waals surface area contributed by atoms with Crippen LogP contribution in [-0.4, -0.2) is 26.4 Å². The zero-order valence-electron chi connectivity index (χ0n) is 11.9. The highest BCUT2D eigenvalue weighted by Crippen LogP contribution is 2.37. The van der Waals surface area contributed by atoms with Crippen LogP contribution >= 0.6 is 11.8 Å². The Hall–Kier alpha value is -2.03. The first-order valence-electron chi connectivity index (χ1n) is 6.93. The number of halogens is 3. The molecule has 0 aliphatic heterocycles. The Morgan fingerprint density at radius 2 is 2.17 bits per heavy atom. The molecule has 1 fully saturated rings. The van der Waals surface area contributed by atoms with E-state index in [2.05, 4.69) is 15.5 Å². The number of rotatable bonds is 5. The molecule has 1 heterocycles. The van der Waals surface area contributed by atoms with E-state index in [-0.39, 0.29) is 17.3 Å². The molecule has 0 saturated heterocycles. The van der Waals surface area contributed by atoms with Crippen LogP contribution in [0.4, 0.5) is 18.9 Å². The third-order valence-corrected chi connectivity index (χ3v) is 4.24. The molecule has 2 aromatic rings. The monoisotopic (exact) mass is 342 g/mol. The molecule has 0 unspecified atom stereocenters. The summed E-state index contributed by atoms with van der Waals surface area (Å²) >= 11 is 1.21. The van der Waals surface area contributed by atoms with E-state index in [0.29, 0.717) is 11.2 Å². The van der Waals surface area contributed by atoms with Crippen molar-refractivity contribution in [1.82, 2.24) is 14.8 Å². The molecule has 1 aliphatic rings. The molecule has 122 valence electrons. The van der Waals surface area contributed by atoms with E-state index in [9.17, 15) is 18.0 Å². The van der Waals surface area contributed by atoms with Gasteiger partial charge in [-0.1, -0.05) is 17.8 Å². The van der Waals surface area contributed by atoms with Crippen LogP contribution in [0, 0.1) is 0 Å². The highest BCUT2D eigenvalue weighted by molar-refractivity contribution is 7.99. The summed E-state index contributed by atoms with van der Waals surface area (Å²) in [5, 5.41) is 10.9. The smallest absolute Gasteiger partial charge is 0.325 e. The summed E-state index contributed by atoms with van der Waals surface area (Å²) in [5.41, 5.74) is -0.675. The van der Waals surface area contributed by atoms with E-state index < -0.39 is 11.7 Å². The zero-order valence-corrected chi connectivity index (χ0v) is 12.7. The lowest BCUT2D eigenvalue weighted by Gasteiger charge is -2.10. The van der Waals surface area contributed by atoms with Crippen molar-refractivity contribution in [3.63, 3.8) is 0 Å². The van der Waals surface area contributed by atoms with Crippen LogP contribution in [0.3, 0.4) is 0 Å². The van der Waals surface area contributed by atoms with Gasteiger partial charge in [0.05, 0.1) is 11.3 Å². The van der Waals surface area contributed by atoms with E-state index in [1.54, 1.807) is 6.33 Å². The molecular weight excluding hydrogens is 329 g/mol. The van der Waals surface area contributed by atoms with Gasteiger partial charge in [0, 0.05) is 11.7 Å². The third kappa shape index (κ3) is 4.04. The molecule has 0 radical (unpaired) electrons. The lowest BCUT2D eigenvalue weighted by atomic mass is 10.2. The molecule has 0 spiro atoms. The van der Waals surface area contributed by atoms with Gasteiger partial charge in [0.1, 0.15) is 6.33 Å². The molecule has 23 heavy (non-hydrogen) atoms. The minimum absolute atomic E-state index is 0.0572. The van der Waals surface area contributed by atoms with Gasteiger partial charge < -0.3 is 9.88 Å². The van der Waals surface area contributed by atoms with Crippen molar-refractivity contribution in [3.8, 4) is 0 Å². The number of thioether (sulfide) groups is 1. The summed E-state index contributed by atoms with van der Waals surface area (Å²) in [6, 6.07) is 4.96. The summed E-state index contributed by atoms with van der Waals surface area (Å²) < 4.78 is 39.8. The van der Waals surface area contributed by atoms with Crippen LogP contribution in [0.1, 0.15) is 24.4 Å². The molecule has 1 aromatic heterocycles. The zero-order chi connectivity index (χ0) is 16.4. The first-order chi connectivity index (χ1) is 10.9. The number of aromatic nitrogens is 3. The average molecular weight is 342 g/mol. The SMILES string of the molecule is O=C(CSc1nncn1C1CC1)Nc1cccc(C(F)(F)F)c1. The van der Waals surface area contributed by atoms with E-state index >= 15 is 0 Å². The van der Waals surface area contributed by atoms with E-state index in [0.717, 1.165) is 25.0 Å². The Balaban J connectivity index is 1.58. The van der Waals surface area contributed by atoms with Gasteiger partial charge in [-0.2, -0.15) is 13.2 Å². The Morgan fingerprint density at radius 1 is 1.39 bits per heavy atom. The van der Waals surface area contributed by atoms with Gasteiger partial charge in [-0.3, -0.25) is 4.79 Å². The molecule has 1 saturated carbocycles. The first-order valence-corrected chi connectivity index (χ1v) is 7.91. The molecule has 9 heteroatoms. The maximum Gasteiger partial charge on any atom is 0.416 e. The van der Waals surface area contributed by atoms with Crippen molar-refractivity contribution in [3.05, 3.63) is 36.2 Å². The number of hydrogen-bond donors (Lipinski definition) is 1. The van der Waals surface area contributed by atoms with Gasteiger partial charge in [0.25, 0.3) is 0 Å². The minimum Gasteiger partial charge on any atom is -0.325 e. The molecule has 1 amide bonds. The normalized spacial score (nSPS) is 14.7. The van der Waals surface area contributed by atoms with Crippen LogP contribution in [0.5, 0.6) is 0 Å².